The number of nitrogens with one attached hydrogen (secondary N) is 1. The number of anilines is 1. The second-order valence-corrected chi connectivity index (χ2v) is 11.8. The van der Waals surface area contributed by atoms with E-state index in [1.54, 1.807) is 54.9 Å². The van der Waals surface area contributed by atoms with E-state index < -0.39 is 10.0 Å². The Balaban J connectivity index is 1.63. The van der Waals surface area contributed by atoms with Crippen LogP contribution in [0.15, 0.2) is 72.1 Å². The minimum absolute atomic E-state index is 0.00161. The number of nitrogens with zero attached hydrogens (tertiary/aromatic N) is 4. The molecule has 0 spiro atoms. The van der Waals surface area contributed by atoms with Gasteiger partial charge in [0, 0.05) is 29.6 Å². The van der Waals surface area contributed by atoms with Crippen molar-refractivity contribution in [3.63, 3.8) is 0 Å². The number of aromatic nitrogens is 4. The summed E-state index contributed by atoms with van der Waals surface area (Å²) >= 11 is 0. The van der Waals surface area contributed by atoms with Gasteiger partial charge in [-0.1, -0.05) is 32.0 Å². The summed E-state index contributed by atoms with van der Waals surface area (Å²) in [4.78, 5) is 17.4. The van der Waals surface area contributed by atoms with Crippen LogP contribution >= 0.6 is 0 Å². The Hall–Kier alpha value is -4.29. The van der Waals surface area contributed by atoms with Crippen LogP contribution in [0.25, 0.3) is 11.4 Å². The van der Waals surface area contributed by atoms with Crippen LogP contribution in [0.2, 0.25) is 0 Å². The smallest absolute Gasteiger partial charge is 0.280 e. The van der Waals surface area contributed by atoms with Gasteiger partial charge in [0.1, 0.15) is 0 Å². The lowest BCUT2D eigenvalue weighted by Crippen LogP contribution is -2.20. The van der Waals surface area contributed by atoms with Gasteiger partial charge in [-0.15, -0.1) is 0 Å². The van der Waals surface area contributed by atoms with Crippen LogP contribution in [0.4, 0.5) is 5.82 Å². The van der Waals surface area contributed by atoms with Gasteiger partial charge in [-0.3, -0.25) is 9.71 Å². The summed E-state index contributed by atoms with van der Waals surface area (Å²) in [5.41, 5.74) is 1.10. The number of ether oxygens (including phenoxy) is 3. The summed E-state index contributed by atoms with van der Waals surface area (Å²) in [6, 6.07) is 13.5. The standard InChI is InChI=1S/C29H31N5O6S/c1-19(2)21-8-9-24(31-16-21)41(36,37)34-27-25(40-23-7-5-4-6-22(23)38-3)28(39-18-29(17-35)12-13-29)33-26(32-27)20-10-14-30-15-11-20/h4-11,14-16,19,35H,12-13,17-18H2,1-3H3,(H,32,33,34). The molecule has 1 aromatic carbocycles. The third-order valence-electron chi connectivity index (χ3n) is 6.79. The first kappa shape index (κ1) is 28.2. The molecular weight excluding hydrogens is 546 g/mol. The van der Waals surface area contributed by atoms with Crippen LogP contribution in [0, 0.1) is 5.41 Å². The van der Waals surface area contributed by atoms with Crippen molar-refractivity contribution >= 4 is 15.8 Å². The first-order valence-corrected chi connectivity index (χ1v) is 14.6. The number of hydrogen-bond acceptors (Lipinski definition) is 10. The number of rotatable bonds is 12. The van der Waals surface area contributed by atoms with E-state index in [1.165, 1.54) is 19.4 Å². The molecule has 0 atom stereocenters. The molecule has 0 radical (unpaired) electrons. The lowest BCUT2D eigenvalue weighted by atomic mass is 10.1. The first-order valence-electron chi connectivity index (χ1n) is 13.1. The van der Waals surface area contributed by atoms with Crippen LogP contribution in [-0.4, -0.2) is 53.8 Å². The number of pyridine rings is 2. The molecule has 3 heterocycles. The number of benzene rings is 1. The van der Waals surface area contributed by atoms with Crippen molar-refractivity contribution in [3.8, 4) is 34.5 Å². The fraction of sp³-hybridized carbons (Fsp3) is 0.310. The minimum atomic E-state index is -4.21. The predicted octanol–water partition coefficient (Wildman–Crippen LogP) is 4.81. The van der Waals surface area contributed by atoms with E-state index in [9.17, 15) is 13.5 Å². The van der Waals surface area contributed by atoms with Crippen molar-refractivity contribution in [1.29, 1.82) is 0 Å². The predicted molar refractivity (Wildman–Crippen MR) is 152 cm³/mol. The molecule has 41 heavy (non-hydrogen) atoms. The molecule has 0 bridgehead atoms. The monoisotopic (exact) mass is 577 g/mol. The largest absolute Gasteiger partial charge is 0.493 e. The van der Waals surface area contributed by atoms with E-state index in [0.717, 1.165) is 18.4 Å². The zero-order valence-corrected chi connectivity index (χ0v) is 23.8. The Bertz CT molecular complexity index is 1610. The third-order valence-corrected chi connectivity index (χ3v) is 8.05. The fourth-order valence-electron chi connectivity index (χ4n) is 3.95. The van der Waals surface area contributed by atoms with Gasteiger partial charge < -0.3 is 19.3 Å². The summed E-state index contributed by atoms with van der Waals surface area (Å²) < 4.78 is 47.4. The first-order chi connectivity index (χ1) is 19.7. The zero-order chi connectivity index (χ0) is 29.0. The second kappa shape index (κ2) is 11.7. The number of methoxy groups -OCH3 is 1. The van der Waals surface area contributed by atoms with E-state index in [1.807, 2.05) is 13.8 Å². The van der Waals surface area contributed by atoms with Crippen molar-refractivity contribution in [1.82, 2.24) is 19.9 Å². The molecule has 1 fully saturated rings. The number of sulfonamides is 1. The Kier molecular flexibility index (Phi) is 8.04. The summed E-state index contributed by atoms with van der Waals surface area (Å²) in [5, 5.41) is 9.67. The topological polar surface area (TPSA) is 146 Å². The Morgan fingerprint density at radius 3 is 2.37 bits per heavy atom. The van der Waals surface area contributed by atoms with Crippen molar-refractivity contribution in [3.05, 3.63) is 72.7 Å². The van der Waals surface area contributed by atoms with Crippen LogP contribution in [0.3, 0.4) is 0 Å². The fourth-order valence-corrected chi connectivity index (χ4v) is 4.89. The van der Waals surface area contributed by atoms with E-state index in [4.69, 9.17) is 14.2 Å². The highest BCUT2D eigenvalue weighted by atomic mass is 32.2. The van der Waals surface area contributed by atoms with Gasteiger partial charge in [-0.25, -0.2) is 9.97 Å². The van der Waals surface area contributed by atoms with Crippen molar-refractivity contribution in [2.75, 3.05) is 25.0 Å². The van der Waals surface area contributed by atoms with Crippen molar-refractivity contribution in [2.45, 2.75) is 37.6 Å². The maximum atomic E-state index is 13.5. The average Bonchev–Trinajstić information content (AvgIpc) is 3.78. The highest BCUT2D eigenvalue weighted by molar-refractivity contribution is 7.92. The van der Waals surface area contributed by atoms with Crippen LogP contribution in [-0.2, 0) is 10.0 Å². The van der Waals surface area contributed by atoms with Crippen molar-refractivity contribution in [2.24, 2.45) is 5.41 Å². The van der Waals surface area contributed by atoms with E-state index in [-0.39, 0.29) is 52.8 Å². The van der Waals surface area contributed by atoms with Gasteiger partial charge in [-0.05, 0) is 54.7 Å². The molecule has 0 unspecified atom stereocenters. The number of aliphatic hydroxyl groups is 1. The normalized spacial score (nSPS) is 14.0. The molecule has 0 amide bonds. The molecule has 1 saturated carbocycles. The summed E-state index contributed by atoms with van der Waals surface area (Å²) in [5.74, 6) is 0.849. The zero-order valence-electron chi connectivity index (χ0n) is 22.9. The number of hydrogen-bond donors (Lipinski definition) is 2. The molecule has 5 rings (SSSR count). The summed E-state index contributed by atoms with van der Waals surface area (Å²) in [6.07, 6.45) is 6.28. The van der Waals surface area contributed by atoms with Gasteiger partial charge in [0.15, 0.2) is 28.2 Å². The van der Waals surface area contributed by atoms with Gasteiger partial charge >= 0.3 is 0 Å². The van der Waals surface area contributed by atoms with E-state index >= 15 is 0 Å². The third kappa shape index (κ3) is 6.39. The Morgan fingerprint density at radius 1 is 1.02 bits per heavy atom. The van der Waals surface area contributed by atoms with Gasteiger partial charge in [0.05, 0.1) is 20.3 Å². The minimum Gasteiger partial charge on any atom is -0.493 e. The Labute approximate surface area is 238 Å². The van der Waals surface area contributed by atoms with Crippen molar-refractivity contribution < 1.29 is 27.7 Å². The maximum Gasteiger partial charge on any atom is 0.280 e. The van der Waals surface area contributed by atoms with Crippen LogP contribution < -0.4 is 18.9 Å². The molecule has 2 N–H and O–H groups in total. The van der Waals surface area contributed by atoms with E-state index in [0.29, 0.717) is 17.1 Å². The van der Waals surface area contributed by atoms with Crippen LogP contribution in [0.1, 0.15) is 38.2 Å². The average molecular weight is 578 g/mol. The number of aliphatic hydroxyl groups excluding tert-OH is 1. The quantitative estimate of drug-likeness (QED) is 0.240. The van der Waals surface area contributed by atoms with Gasteiger partial charge in [0.25, 0.3) is 15.9 Å². The van der Waals surface area contributed by atoms with E-state index in [2.05, 4.69) is 24.7 Å². The molecule has 0 aliphatic heterocycles. The SMILES string of the molecule is COc1ccccc1Oc1c(NS(=O)(=O)c2ccc(C(C)C)cn2)nc(-c2ccncc2)nc1OCC1(CO)CC1. The lowest BCUT2D eigenvalue weighted by molar-refractivity contribution is 0.141. The molecule has 3 aromatic heterocycles. The molecule has 12 heteroatoms. The highest BCUT2D eigenvalue weighted by Crippen LogP contribution is 2.47. The molecular formula is C29H31N5O6S. The highest BCUT2D eigenvalue weighted by Gasteiger charge is 2.43. The van der Waals surface area contributed by atoms with Gasteiger partial charge in [-0.2, -0.15) is 13.4 Å². The van der Waals surface area contributed by atoms with Crippen LogP contribution in [0.5, 0.6) is 23.1 Å². The second-order valence-electron chi connectivity index (χ2n) is 10.2. The van der Waals surface area contributed by atoms with Gasteiger partial charge in [0.2, 0.25) is 5.75 Å². The lowest BCUT2D eigenvalue weighted by Gasteiger charge is -2.19. The maximum absolute atomic E-state index is 13.5. The Morgan fingerprint density at radius 2 is 1.76 bits per heavy atom. The summed E-state index contributed by atoms with van der Waals surface area (Å²) in [6.45, 7) is 4.10. The molecule has 4 aromatic rings. The molecule has 0 saturated heterocycles. The molecule has 214 valence electrons. The molecule has 1 aliphatic carbocycles. The molecule has 1 aliphatic rings. The molecule has 11 nitrogen and oxygen atoms in total. The number of para-hydroxylation sites is 2. The summed E-state index contributed by atoms with van der Waals surface area (Å²) in [7, 11) is -2.71.